The summed E-state index contributed by atoms with van der Waals surface area (Å²) in [6.45, 7) is 13.3. The predicted molar refractivity (Wildman–Crippen MR) is 229 cm³/mol. The van der Waals surface area contributed by atoms with E-state index < -0.39 is 59.7 Å². The van der Waals surface area contributed by atoms with Gasteiger partial charge in [0.25, 0.3) is 0 Å². The standard InChI is InChI=1S/C45H65N7O9/c1-30(2)25-35(48-39(55)36(26-32-15-9-7-10-16-32)49-40(56)37(50-42(58)59)27-33-17-11-8-12-18-33)38(54)47-34(19-13-14-22-46-43(60)61-44(4,5)6)41(57)51-23-20-45(21-24-51)28-52(29-45)31(3)53/h7-12,15-18,30,34-37,50H,13-14,19-29H2,1-6H3,(H,46,60)(H,47,54)(H,48,55)(H,49,56)(H,58,59). The van der Waals surface area contributed by atoms with Crippen LogP contribution in [0.5, 0.6) is 0 Å². The lowest BCUT2D eigenvalue weighted by atomic mass is 9.72. The smallest absolute Gasteiger partial charge is 0.407 e. The second-order valence-electron chi connectivity index (χ2n) is 17.8. The number of amides is 7. The number of likely N-dealkylation sites (tertiary alicyclic amines) is 2. The number of nitrogens with zero attached hydrogens (tertiary/aromatic N) is 2. The van der Waals surface area contributed by atoms with Crippen molar-refractivity contribution in [2.24, 2.45) is 11.3 Å². The van der Waals surface area contributed by atoms with Crippen molar-refractivity contribution < 1.29 is 43.4 Å². The van der Waals surface area contributed by atoms with Crippen LogP contribution in [0.1, 0.15) is 91.2 Å². The molecule has 16 heteroatoms. The molecule has 7 amide bonds. The molecule has 0 bridgehead atoms. The molecule has 2 aromatic rings. The maximum Gasteiger partial charge on any atom is 0.407 e. The molecule has 2 aliphatic rings. The summed E-state index contributed by atoms with van der Waals surface area (Å²) in [6.07, 6.45) is 1.11. The van der Waals surface area contributed by atoms with Gasteiger partial charge >= 0.3 is 12.2 Å². The van der Waals surface area contributed by atoms with Crippen LogP contribution in [-0.4, -0.2) is 119 Å². The molecule has 4 atom stereocenters. The van der Waals surface area contributed by atoms with E-state index in [-0.39, 0.29) is 48.8 Å². The van der Waals surface area contributed by atoms with Gasteiger partial charge in [-0.1, -0.05) is 74.5 Å². The van der Waals surface area contributed by atoms with Gasteiger partial charge in [-0.15, -0.1) is 0 Å². The number of hydrogen-bond donors (Lipinski definition) is 6. The molecule has 61 heavy (non-hydrogen) atoms. The first-order valence-corrected chi connectivity index (χ1v) is 21.3. The molecule has 2 saturated heterocycles. The summed E-state index contributed by atoms with van der Waals surface area (Å²) in [6, 6.07) is 13.5. The highest BCUT2D eigenvalue weighted by atomic mass is 16.6. The Kier molecular flexibility index (Phi) is 17.5. The van der Waals surface area contributed by atoms with Gasteiger partial charge in [0.1, 0.15) is 29.8 Å². The van der Waals surface area contributed by atoms with Crippen molar-refractivity contribution in [1.82, 2.24) is 36.4 Å². The maximum atomic E-state index is 14.2. The minimum Gasteiger partial charge on any atom is -0.465 e. The SMILES string of the molecule is CC(=O)N1CC2(CCN(C(=O)C(CCCCNC(=O)OC(C)(C)C)NC(=O)C(CC(C)C)NC(=O)C(Cc3ccccc3)NC(=O)C(Cc3ccccc3)NC(=O)O)CC2)C1. The van der Waals surface area contributed by atoms with Crippen LogP contribution in [0, 0.1) is 11.3 Å². The Labute approximate surface area is 359 Å². The Morgan fingerprint density at radius 2 is 1.20 bits per heavy atom. The Balaban J connectivity index is 1.50. The highest BCUT2D eigenvalue weighted by Crippen LogP contribution is 2.40. The first-order valence-electron chi connectivity index (χ1n) is 21.3. The van der Waals surface area contributed by atoms with Crippen molar-refractivity contribution in [3.8, 4) is 0 Å². The molecule has 2 aliphatic heterocycles. The van der Waals surface area contributed by atoms with Crippen molar-refractivity contribution >= 4 is 41.7 Å². The number of carbonyl (C=O) groups excluding carboxylic acids is 6. The third-order valence-corrected chi connectivity index (χ3v) is 11.0. The van der Waals surface area contributed by atoms with Crippen LogP contribution in [-0.2, 0) is 41.6 Å². The number of carboxylic acid groups (broad SMARTS) is 1. The lowest BCUT2D eigenvalue weighted by Gasteiger charge is -2.54. The Bertz CT molecular complexity index is 1800. The molecule has 0 aromatic heterocycles. The lowest BCUT2D eigenvalue weighted by molar-refractivity contribution is -0.149. The van der Waals surface area contributed by atoms with Crippen LogP contribution in [0.2, 0.25) is 0 Å². The van der Waals surface area contributed by atoms with Gasteiger partial charge in [0.2, 0.25) is 29.5 Å². The Morgan fingerprint density at radius 3 is 1.69 bits per heavy atom. The van der Waals surface area contributed by atoms with E-state index in [0.29, 0.717) is 51.1 Å². The third-order valence-electron chi connectivity index (χ3n) is 11.0. The summed E-state index contributed by atoms with van der Waals surface area (Å²) < 4.78 is 5.32. The second kappa shape index (κ2) is 22.3. The number of carbonyl (C=O) groups is 7. The fourth-order valence-corrected chi connectivity index (χ4v) is 7.75. The molecule has 4 rings (SSSR count). The van der Waals surface area contributed by atoms with E-state index in [0.717, 1.165) is 18.4 Å². The van der Waals surface area contributed by atoms with Crippen LogP contribution in [0.4, 0.5) is 9.59 Å². The largest absolute Gasteiger partial charge is 0.465 e. The zero-order valence-electron chi connectivity index (χ0n) is 36.5. The van der Waals surface area contributed by atoms with Crippen molar-refractivity contribution in [2.75, 3.05) is 32.7 Å². The number of unbranched alkanes of at least 4 members (excludes halogenated alkanes) is 1. The number of piperidine rings is 1. The molecule has 1 spiro atoms. The molecular formula is C45H65N7O9. The lowest BCUT2D eigenvalue weighted by Crippen LogP contribution is -2.63. The Hall–Kier alpha value is -5.67. The summed E-state index contributed by atoms with van der Waals surface area (Å²) >= 11 is 0. The van der Waals surface area contributed by atoms with E-state index in [2.05, 4.69) is 26.6 Å². The molecular weight excluding hydrogens is 783 g/mol. The van der Waals surface area contributed by atoms with Gasteiger partial charge in [-0.05, 0) is 76.3 Å². The average Bonchev–Trinajstić information content (AvgIpc) is 3.18. The fourth-order valence-electron chi connectivity index (χ4n) is 7.75. The molecule has 4 unspecified atom stereocenters. The van der Waals surface area contributed by atoms with Crippen molar-refractivity contribution in [1.29, 1.82) is 0 Å². The quantitative estimate of drug-likeness (QED) is 0.113. The highest BCUT2D eigenvalue weighted by Gasteiger charge is 2.47. The van der Waals surface area contributed by atoms with E-state index in [4.69, 9.17) is 4.74 Å². The highest BCUT2D eigenvalue weighted by molar-refractivity contribution is 5.95. The summed E-state index contributed by atoms with van der Waals surface area (Å²) in [7, 11) is 0. The van der Waals surface area contributed by atoms with Crippen molar-refractivity contribution in [2.45, 2.75) is 123 Å². The van der Waals surface area contributed by atoms with Crippen LogP contribution in [0.15, 0.2) is 60.7 Å². The average molecular weight is 848 g/mol. The Morgan fingerprint density at radius 1 is 0.705 bits per heavy atom. The van der Waals surface area contributed by atoms with E-state index >= 15 is 0 Å². The van der Waals surface area contributed by atoms with Gasteiger partial charge in [-0.2, -0.15) is 0 Å². The predicted octanol–water partition coefficient (Wildman–Crippen LogP) is 3.77. The zero-order chi connectivity index (χ0) is 44.7. The fraction of sp³-hybridized carbons (Fsp3) is 0.578. The molecule has 0 saturated carbocycles. The minimum absolute atomic E-state index is 0.0157. The molecule has 16 nitrogen and oxygen atoms in total. The maximum absolute atomic E-state index is 14.2. The van der Waals surface area contributed by atoms with E-state index in [1.165, 1.54) is 0 Å². The summed E-state index contributed by atoms with van der Waals surface area (Å²) in [5, 5.41) is 23.1. The number of nitrogens with one attached hydrogen (secondary N) is 5. The monoisotopic (exact) mass is 847 g/mol. The molecule has 6 N–H and O–H groups in total. The third kappa shape index (κ3) is 15.7. The first-order chi connectivity index (χ1) is 28.8. The topological polar surface area (TPSA) is 216 Å². The second-order valence-corrected chi connectivity index (χ2v) is 17.8. The zero-order valence-corrected chi connectivity index (χ0v) is 36.5. The van der Waals surface area contributed by atoms with Gasteiger partial charge in [-0.3, -0.25) is 24.0 Å². The summed E-state index contributed by atoms with van der Waals surface area (Å²) in [4.78, 5) is 95.8. The normalized spacial score (nSPS) is 16.6. The summed E-state index contributed by atoms with van der Waals surface area (Å²) in [5.74, 6) is -2.19. The van der Waals surface area contributed by atoms with Gasteiger partial charge in [0, 0.05) is 57.9 Å². The van der Waals surface area contributed by atoms with Gasteiger partial charge in [-0.25, -0.2) is 9.59 Å². The van der Waals surface area contributed by atoms with Crippen LogP contribution in [0.25, 0.3) is 0 Å². The number of benzene rings is 2. The summed E-state index contributed by atoms with van der Waals surface area (Å²) in [5.41, 5.74) is 0.770. The molecule has 2 heterocycles. The van der Waals surface area contributed by atoms with Gasteiger partial charge < -0.3 is 46.2 Å². The molecule has 0 radical (unpaired) electrons. The van der Waals surface area contributed by atoms with Gasteiger partial charge in [0.05, 0.1) is 0 Å². The number of ether oxygens (including phenoxy) is 1. The molecule has 2 aromatic carbocycles. The number of hydrogen-bond acceptors (Lipinski definition) is 8. The van der Waals surface area contributed by atoms with Crippen LogP contribution in [0.3, 0.4) is 0 Å². The van der Waals surface area contributed by atoms with Crippen molar-refractivity contribution in [3.63, 3.8) is 0 Å². The van der Waals surface area contributed by atoms with E-state index in [1.807, 2.05) is 19.9 Å². The molecule has 2 fully saturated rings. The van der Waals surface area contributed by atoms with Crippen LogP contribution >= 0.6 is 0 Å². The van der Waals surface area contributed by atoms with E-state index in [1.54, 1.807) is 92.1 Å². The number of rotatable bonds is 19. The molecule has 334 valence electrons. The molecule has 0 aliphatic carbocycles. The van der Waals surface area contributed by atoms with Gasteiger partial charge in [0.15, 0.2) is 0 Å². The first kappa shape index (κ1) is 48.0. The van der Waals surface area contributed by atoms with Crippen molar-refractivity contribution in [3.05, 3.63) is 71.8 Å². The van der Waals surface area contributed by atoms with Crippen LogP contribution < -0.4 is 26.6 Å². The minimum atomic E-state index is -1.40. The number of alkyl carbamates (subject to hydrolysis) is 1. The van der Waals surface area contributed by atoms with E-state index in [9.17, 15) is 38.7 Å².